The third-order valence-corrected chi connectivity index (χ3v) is 11.2. The molecule has 0 aliphatic rings. The molecule has 0 aliphatic carbocycles. The Labute approximate surface area is 359 Å². The number of nitrogens with zero attached hydrogens (tertiary/aromatic N) is 6. The molecule has 6 heteroatoms. The maximum absolute atomic E-state index is 5.00. The van der Waals surface area contributed by atoms with E-state index in [1.165, 1.54) is 21.5 Å². The molecular weight excluding hydrogens is 757 g/mol. The molecule has 2 aromatic heterocycles. The summed E-state index contributed by atoms with van der Waals surface area (Å²) in [5, 5.41) is 4.69. The Bertz CT molecular complexity index is 3050. The Morgan fingerprint density at radius 2 is 0.435 bits per heavy atom. The second kappa shape index (κ2) is 15.9. The van der Waals surface area contributed by atoms with Crippen LogP contribution in [0.5, 0.6) is 0 Å². The summed E-state index contributed by atoms with van der Waals surface area (Å²) >= 11 is 0. The van der Waals surface area contributed by atoms with Crippen LogP contribution in [0.4, 0.5) is 0 Å². The van der Waals surface area contributed by atoms with Gasteiger partial charge in [-0.15, -0.1) is 0 Å². The highest BCUT2D eigenvalue weighted by Crippen LogP contribution is 2.39. The fourth-order valence-electron chi connectivity index (χ4n) is 8.16. The molecule has 0 saturated carbocycles. The molecular formula is C56H36N6. The monoisotopic (exact) mass is 792 g/mol. The van der Waals surface area contributed by atoms with Gasteiger partial charge in [0.25, 0.3) is 0 Å². The molecule has 0 radical (unpaired) electrons. The minimum Gasteiger partial charge on any atom is -0.208 e. The van der Waals surface area contributed by atoms with Crippen molar-refractivity contribution in [2.24, 2.45) is 0 Å². The molecule has 0 saturated heterocycles. The van der Waals surface area contributed by atoms with Gasteiger partial charge in [0.1, 0.15) is 0 Å². The first-order chi connectivity index (χ1) is 30.7. The van der Waals surface area contributed by atoms with E-state index < -0.39 is 0 Å². The zero-order valence-corrected chi connectivity index (χ0v) is 33.5. The summed E-state index contributed by atoms with van der Waals surface area (Å²) in [5.41, 5.74) is 10.0. The van der Waals surface area contributed by atoms with E-state index in [1.807, 2.05) is 121 Å². The van der Waals surface area contributed by atoms with Crippen LogP contribution >= 0.6 is 0 Å². The van der Waals surface area contributed by atoms with E-state index in [0.717, 1.165) is 55.6 Å². The maximum atomic E-state index is 5.00. The lowest BCUT2D eigenvalue weighted by Gasteiger charge is -2.14. The molecule has 0 amide bonds. The maximum Gasteiger partial charge on any atom is 0.164 e. The van der Waals surface area contributed by atoms with E-state index in [0.29, 0.717) is 34.9 Å². The average Bonchev–Trinajstić information content (AvgIpc) is 3.36. The highest BCUT2D eigenvalue weighted by atomic mass is 15.0. The van der Waals surface area contributed by atoms with Crippen LogP contribution in [0.1, 0.15) is 0 Å². The number of rotatable bonds is 8. The molecule has 11 aromatic rings. The number of hydrogen-bond donors (Lipinski definition) is 0. The Morgan fingerprint density at radius 1 is 0.177 bits per heavy atom. The smallest absolute Gasteiger partial charge is 0.164 e. The van der Waals surface area contributed by atoms with Crippen LogP contribution < -0.4 is 0 Å². The van der Waals surface area contributed by atoms with Crippen molar-refractivity contribution < 1.29 is 0 Å². The number of hydrogen-bond acceptors (Lipinski definition) is 6. The molecule has 0 unspecified atom stereocenters. The van der Waals surface area contributed by atoms with E-state index in [2.05, 4.69) is 97.1 Å². The summed E-state index contributed by atoms with van der Waals surface area (Å²) in [4.78, 5) is 29.8. The van der Waals surface area contributed by atoms with Crippen LogP contribution in [0.15, 0.2) is 218 Å². The molecule has 6 nitrogen and oxygen atoms in total. The van der Waals surface area contributed by atoms with E-state index in [1.54, 1.807) is 0 Å². The predicted molar refractivity (Wildman–Crippen MR) is 252 cm³/mol. The average molecular weight is 793 g/mol. The summed E-state index contributed by atoms with van der Waals surface area (Å²) in [7, 11) is 0. The number of fused-ring (bicyclic) bond motifs is 3. The largest absolute Gasteiger partial charge is 0.208 e. The molecule has 62 heavy (non-hydrogen) atoms. The standard InChI is InChI=1S/C56H36N6/c1-5-17-37(18-6-1)51-57-52(38-19-7-2-8-20-38)60-55(59-51)43-27-13-25-41(35-43)45-29-15-31-47-48-32-16-30-46(50(48)34-33-49(45)47)42-26-14-28-44(36-42)56-61-53(39-21-9-3-10-22-39)58-54(62-56)40-23-11-4-12-24-40/h1-36H. The van der Waals surface area contributed by atoms with Gasteiger partial charge in [0.05, 0.1) is 0 Å². The lowest BCUT2D eigenvalue weighted by Crippen LogP contribution is -2.00. The molecule has 0 bridgehead atoms. The molecule has 0 fully saturated rings. The predicted octanol–water partition coefficient (Wildman–Crippen LogP) is 13.7. The van der Waals surface area contributed by atoms with Gasteiger partial charge in [0.15, 0.2) is 34.9 Å². The number of benzene rings is 9. The lowest BCUT2D eigenvalue weighted by molar-refractivity contribution is 1.07. The van der Waals surface area contributed by atoms with Crippen molar-refractivity contribution >= 4 is 21.5 Å². The fraction of sp³-hybridized carbons (Fsp3) is 0. The minimum absolute atomic E-state index is 0.627. The highest BCUT2D eigenvalue weighted by Gasteiger charge is 2.17. The molecule has 0 aliphatic heterocycles. The van der Waals surface area contributed by atoms with Crippen molar-refractivity contribution in [1.29, 1.82) is 0 Å². The minimum atomic E-state index is 0.627. The molecule has 2 heterocycles. The van der Waals surface area contributed by atoms with Crippen LogP contribution in [0, 0.1) is 0 Å². The summed E-state index contributed by atoms with van der Waals surface area (Å²) in [6.07, 6.45) is 0. The molecule has 290 valence electrons. The lowest BCUT2D eigenvalue weighted by atomic mass is 9.91. The second-order valence-electron chi connectivity index (χ2n) is 15.1. The quantitative estimate of drug-likeness (QED) is 0.143. The van der Waals surface area contributed by atoms with Gasteiger partial charge >= 0.3 is 0 Å². The normalized spacial score (nSPS) is 11.2. The highest BCUT2D eigenvalue weighted by molar-refractivity contribution is 6.15. The van der Waals surface area contributed by atoms with E-state index in [9.17, 15) is 0 Å². The summed E-state index contributed by atoms with van der Waals surface area (Å²) in [6.45, 7) is 0. The van der Waals surface area contributed by atoms with Gasteiger partial charge in [-0.2, -0.15) is 0 Å². The van der Waals surface area contributed by atoms with Crippen molar-refractivity contribution in [3.8, 4) is 90.6 Å². The first-order valence-corrected chi connectivity index (χ1v) is 20.6. The summed E-state index contributed by atoms with van der Waals surface area (Å²) < 4.78 is 0. The SMILES string of the molecule is c1ccc(-c2nc(-c3ccccc3)nc(-c3cccc(-c4cccc5c4ccc4c(-c6cccc(-c7nc(-c8ccccc8)nc(-c8ccccc8)n7)c6)cccc45)c3)n2)cc1. The third kappa shape index (κ3) is 7.06. The van der Waals surface area contributed by atoms with Crippen molar-refractivity contribution in [1.82, 2.24) is 29.9 Å². The Balaban J connectivity index is 0.987. The van der Waals surface area contributed by atoms with Gasteiger partial charge in [-0.1, -0.05) is 206 Å². The van der Waals surface area contributed by atoms with Gasteiger partial charge in [0.2, 0.25) is 0 Å². The molecule has 9 aromatic carbocycles. The van der Waals surface area contributed by atoms with Crippen LogP contribution in [-0.4, -0.2) is 29.9 Å². The zero-order chi connectivity index (χ0) is 41.2. The van der Waals surface area contributed by atoms with E-state index >= 15 is 0 Å². The van der Waals surface area contributed by atoms with Crippen molar-refractivity contribution in [3.63, 3.8) is 0 Å². The van der Waals surface area contributed by atoms with Gasteiger partial charge in [0, 0.05) is 33.4 Å². The van der Waals surface area contributed by atoms with Crippen LogP contribution in [0.2, 0.25) is 0 Å². The fourth-order valence-corrected chi connectivity index (χ4v) is 8.16. The molecule has 0 spiro atoms. The Kier molecular flexibility index (Phi) is 9.41. The number of aromatic nitrogens is 6. The van der Waals surface area contributed by atoms with Gasteiger partial charge in [-0.25, -0.2) is 29.9 Å². The topological polar surface area (TPSA) is 77.3 Å². The van der Waals surface area contributed by atoms with E-state index in [4.69, 9.17) is 29.9 Å². The van der Waals surface area contributed by atoms with Gasteiger partial charge in [-0.05, 0) is 55.9 Å². The van der Waals surface area contributed by atoms with Crippen molar-refractivity contribution in [3.05, 3.63) is 218 Å². The molecule has 0 N–H and O–H groups in total. The second-order valence-corrected chi connectivity index (χ2v) is 15.1. The van der Waals surface area contributed by atoms with Gasteiger partial charge < -0.3 is 0 Å². The molecule has 11 rings (SSSR count). The van der Waals surface area contributed by atoms with Crippen molar-refractivity contribution in [2.75, 3.05) is 0 Å². The van der Waals surface area contributed by atoms with E-state index in [-0.39, 0.29) is 0 Å². The van der Waals surface area contributed by atoms with Crippen LogP contribution in [-0.2, 0) is 0 Å². The summed E-state index contributed by atoms with van der Waals surface area (Å²) in [6, 6.07) is 75.0. The molecule has 0 atom stereocenters. The zero-order valence-electron chi connectivity index (χ0n) is 33.5. The van der Waals surface area contributed by atoms with Crippen molar-refractivity contribution in [2.45, 2.75) is 0 Å². The Morgan fingerprint density at radius 3 is 0.758 bits per heavy atom. The third-order valence-electron chi connectivity index (χ3n) is 11.2. The van der Waals surface area contributed by atoms with Crippen LogP contribution in [0.25, 0.3) is 112 Å². The van der Waals surface area contributed by atoms with Crippen LogP contribution in [0.3, 0.4) is 0 Å². The Hall–Kier alpha value is -8.48. The first kappa shape index (κ1) is 36.6. The summed E-state index contributed by atoms with van der Waals surface area (Å²) in [5.74, 6) is 3.81. The first-order valence-electron chi connectivity index (χ1n) is 20.6. The van der Waals surface area contributed by atoms with Gasteiger partial charge in [-0.3, -0.25) is 0 Å².